The quantitative estimate of drug-likeness (QED) is 0.162. The minimum atomic E-state index is -1.10. The van der Waals surface area contributed by atoms with Gasteiger partial charge in [-0.3, -0.25) is 14.9 Å². The first-order valence-electron chi connectivity index (χ1n) is 8.67. The Labute approximate surface area is 160 Å². The number of amides is 2. The minimum absolute atomic E-state index is 0.0426. The fourth-order valence-corrected chi connectivity index (χ4v) is 2.58. The predicted octanol–water partition coefficient (Wildman–Crippen LogP) is 2.24. The van der Waals surface area contributed by atoms with E-state index in [1.54, 1.807) is 0 Å². The van der Waals surface area contributed by atoms with Gasteiger partial charge in [-0.05, 0) is 31.9 Å². The van der Waals surface area contributed by atoms with E-state index in [2.05, 4.69) is 15.4 Å². The highest BCUT2D eigenvalue weighted by atomic mass is 16.8. The molecule has 1 heterocycles. The number of hydrogen-bond donors (Lipinski definition) is 2. The number of nitro groups is 1. The number of carbonyl (C=O) groups is 3. The SMILES string of the molecule is CC1NC(=O)NC1CCCCC(=O)OCOC(=O)Oc1ccc([N+](=O)[O-])cc1. The van der Waals surface area contributed by atoms with Crippen molar-refractivity contribution in [2.75, 3.05) is 6.79 Å². The predicted molar refractivity (Wildman–Crippen MR) is 94.5 cm³/mol. The Bertz CT molecular complexity index is 722. The molecule has 0 saturated carbocycles. The summed E-state index contributed by atoms with van der Waals surface area (Å²) in [5, 5.41) is 16.1. The zero-order valence-corrected chi connectivity index (χ0v) is 15.2. The van der Waals surface area contributed by atoms with Crippen molar-refractivity contribution in [1.29, 1.82) is 0 Å². The van der Waals surface area contributed by atoms with Crippen molar-refractivity contribution in [3.05, 3.63) is 34.4 Å². The first-order chi connectivity index (χ1) is 13.3. The van der Waals surface area contributed by atoms with E-state index in [1.807, 2.05) is 6.92 Å². The summed E-state index contributed by atoms with van der Waals surface area (Å²) in [6.45, 7) is 1.31. The molecule has 2 amide bonds. The van der Waals surface area contributed by atoms with Gasteiger partial charge in [-0.25, -0.2) is 9.59 Å². The Morgan fingerprint density at radius 2 is 1.86 bits per heavy atom. The molecule has 0 radical (unpaired) electrons. The number of hydrogen-bond acceptors (Lipinski definition) is 8. The second-order valence-corrected chi connectivity index (χ2v) is 6.14. The lowest BCUT2D eigenvalue weighted by atomic mass is 10.0. The van der Waals surface area contributed by atoms with Crippen LogP contribution in [-0.2, 0) is 14.3 Å². The average molecular weight is 395 g/mol. The van der Waals surface area contributed by atoms with Crippen LogP contribution in [0.1, 0.15) is 32.6 Å². The number of benzene rings is 1. The molecule has 0 spiro atoms. The highest BCUT2D eigenvalue weighted by molar-refractivity contribution is 5.77. The lowest BCUT2D eigenvalue weighted by Gasteiger charge is -2.13. The molecular formula is C17H21N3O8. The second-order valence-electron chi connectivity index (χ2n) is 6.14. The Balaban J connectivity index is 1.55. The highest BCUT2D eigenvalue weighted by Gasteiger charge is 2.26. The largest absolute Gasteiger partial charge is 0.516 e. The van der Waals surface area contributed by atoms with Crippen molar-refractivity contribution >= 4 is 23.8 Å². The van der Waals surface area contributed by atoms with Gasteiger partial charge in [0.15, 0.2) is 0 Å². The zero-order chi connectivity index (χ0) is 20.5. The van der Waals surface area contributed by atoms with Crippen LogP contribution in [0.25, 0.3) is 0 Å². The summed E-state index contributed by atoms with van der Waals surface area (Å²) in [7, 11) is 0. The molecule has 0 aromatic heterocycles. The number of rotatable bonds is 9. The summed E-state index contributed by atoms with van der Waals surface area (Å²) in [5.41, 5.74) is -0.143. The molecule has 11 nitrogen and oxygen atoms in total. The monoisotopic (exact) mass is 395 g/mol. The van der Waals surface area contributed by atoms with E-state index in [0.717, 1.165) is 12.8 Å². The van der Waals surface area contributed by atoms with Gasteiger partial charge >= 0.3 is 18.2 Å². The highest BCUT2D eigenvalue weighted by Crippen LogP contribution is 2.17. The summed E-state index contributed by atoms with van der Waals surface area (Å²) in [6, 6.07) is 4.75. The number of unbranched alkanes of at least 4 members (excludes halogenated alkanes) is 1. The fourth-order valence-electron chi connectivity index (χ4n) is 2.58. The van der Waals surface area contributed by atoms with E-state index in [4.69, 9.17) is 9.47 Å². The van der Waals surface area contributed by atoms with Crippen LogP contribution >= 0.6 is 0 Å². The molecule has 2 rings (SSSR count). The third-order valence-corrected chi connectivity index (χ3v) is 4.07. The lowest BCUT2D eigenvalue weighted by molar-refractivity contribution is -0.384. The van der Waals surface area contributed by atoms with Gasteiger partial charge in [0.1, 0.15) is 5.75 Å². The van der Waals surface area contributed by atoms with Crippen molar-refractivity contribution in [3.63, 3.8) is 0 Å². The number of nitrogens with zero attached hydrogens (tertiary/aromatic N) is 1. The molecule has 1 aromatic rings. The number of urea groups is 1. The number of nitrogens with one attached hydrogen (secondary N) is 2. The van der Waals surface area contributed by atoms with Crippen LogP contribution in [-0.4, -0.2) is 42.0 Å². The maximum Gasteiger partial charge on any atom is 0.516 e. The maximum atomic E-state index is 11.6. The van der Waals surface area contributed by atoms with Gasteiger partial charge in [0.25, 0.3) is 5.69 Å². The van der Waals surface area contributed by atoms with Gasteiger partial charge < -0.3 is 24.8 Å². The van der Waals surface area contributed by atoms with E-state index < -0.39 is 23.8 Å². The first-order valence-corrected chi connectivity index (χ1v) is 8.67. The van der Waals surface area contributed by atoms with E-state index in [1.165, 1.54) is 24.3 Å². The van der Waals surface area contributed by atoms with Gasteiger partial charge in [-0.1, -0.05) is 6.42 Å². The Kier molecular flexibility index (Phi) is 7.55. The minimum Gasteiger partial charge on any atom is -0.428 e. The van der Waals surface area contributed by atoms with Gasteiger partial charge in [0.05, 0.1) is 11.0 Å². The van der Waals surface area contributed by atoms with Crippen LogP contribution in [0.3, 0.4) is 0 Å². The van der Waals surface area contributed by atoms with Crippen LogP contribution in [0.2, 0.25) is 0 Å². The Morgan fingerprint density at radius 1 is 1.14 bits per heavy atom. The Hall–Kier alpha value is -3.37. The van der Waals surface area contributed by atoms with Gasteiger partial charge in [0.2, 0.25) is 6.79 Å². The van der Waals surface area contributed by atoms with Crippen LogP contribution < -0.4 is 15.4 Å². The molecule has 1 aliphatic rings. The molecular weight excluding hydrogens is 374 g/mol. The second kappa shape index (κ2) is 10.1. The average Bonchev–Trinajstić information content (AvgIpc) is 2.96. The standard InChI is InChI=1S/C17H21N3O8/c1-11-14(19-16(22)18-11)4-2-3-5-15(21)26-10-27-17(23)28-13-8-6-12(7-9-13)20(24)25/h6-9,11,14H,2-5,10H2,1H3,(H2,18,19,22). The molecule has 0 aliphatic carbocycles. The number of carbonyl (C=O) groups excluding carboxylic acids is 3. The summed E-state index contributed by atoms with van der Waals surface area (Å²) < 4.78 is 14.2. The first kappa shape index (κ1) is 20.9. The molecule has 11 heteroatoms. The van der Waals surface area contributed by atoms with Crippen LogP contribution in [0.5, 0.6) is 5.75 Å². The van der Waals surface area contributed by atoms with E-state index >= 15 is 0 Å². The molecule has 2 N–H and O–H groups in total. The molecule has 1 saturated heterocycles. The number of ether oxygens (including phenoxy) is 3. The van der Waals surface area contributed by atoms with Crippen molar-refractivity contribution in [2.45, 2.75) is 44.7 Å². The molecule has 2 atom stereocenters. The normalized spacial score (nSPS) is 18.0. The van der Waals surface area contributed by atoms with Crippen molar-refractivity contribution in [3.8, 4) is 5.75 Å². The van der Waals surface area contributed by atoms with E-state index in [0.29, 0.717) is 6.42 Å². The Morgan fingerprint density at radius 3 is 2.46 bits per heavy atom. The number of esters is 1. The van der Waals surface area contributed by atoms with Crippen LogP contribution in [0, 0.1) is 10.1 Å². The summed E-state index contributed by atoms with van der Waals surface area (Å²) in [6.07, 6.45) is 1.11. The molecule has 1 aliphatic heterocycles. The number of nitro benzene ring substituents is 1. The molecule has 1 aromatic carbocycles. The topological polar surface area (TPSA) is 146 Å². The van der Waals surface area contributed by atoms with Crippen LogP contribution in [0.15, 0.2) is 24.3 Å². The van der Waals surface area contributed by atoms with Crippen molar-refractivity contribution < 1.29 is 33.5 Å². The van der Waals surface area contributed by atoms with Crippen molar-refractivity contribution in [1.82, 2.24) is 10.6 Å². The van der Waals surface area contributed by atoms with Gasteiger partial charge in [-0.15, -0.1) is 0 Å². The third-order valence-electron chi connectivity index (χ3n) is 4.07. The lowest BCUT2D eigenvalue weighted by Crippen LogP contribution is -2.30. The van der Waals surface area contributed by atoms with E-state index in [9.17, 15) is 24.5 Å². The molecule has 1 fully saturated rings. The molecule has 2 unspecified atom stereocenters. The molecule has 0 bridgehead atoms. The summed E-state index contributed by atoms with van der Waals surface area (Å²) in [4.78, 5) is 44.2. The van der Waals surface area contributed by atoms with Gasteiger partial charge in [-0.2, -0.15) is 0 Å². The van der Waals surface area contributed by atoms with E-state index in [-0.39, 0.29) is 36.0 Å². The maximum absolute atomic E-state index is 11.6. The third kappa shape index (κ3) is 6.74. The fraction of sp³-hybridized carbons (Fsp3) is 0.471. The van der Waals surface area contributed by atoms with Crippen LogP contribution in [0.4, 0.5) is 15.3 Å². The molecule has 28 heavy (non-hydrogen) atoms. The molecule has 152 valence electrons. The van der Waals surface area contributed by atoms with Crippen molar-refractivity contribution in [2.24, 2.45) is 0 Å². The smallest absolute Gasteiger partial charge is 0.428 e. The van der Waals surface area contributed by atoms with Gasteiger partial charge in [0, 0.05) is 24.6 Å². The summed E-state index contributed by atoms with van der Waals surface area (Å²) >= 11 is 0. The summed E-state index contributed by atoms with van der Waals surface area (Å²) in [5.74, 6) is -0.464. The number of non-ortho nitro benzene ring substituents is 1. The zero-order valence-electron chi connectivity index (χ0n) is 15.2.